The Morgan fingerprint density at radius 2 is 1.76 bits per heavy atom. The molecule has 4 heterocycles. The van der Waals surface area contributed by atoms with E-state index in [1.807, 2.05) is 18.4 Å². The molecule has 0 N–H and O–H groups in total. The monoisotopic (exact) mass is 521 g/mol. The summed E-state index contributed by atoms with van der Waals surface area (Å²) in [5, 5.41) is 8.11. The quantitative estimate of drug-likeness (QED) is 0.377. The van der Waals surface area contributed by atoms with Gasteiger partial charge in [0.2, 0.25) is 0 Å². The molecule has 0 aliphatic carbocycles. The minimum atomic E-state index is -3.44. The number of urea groups is 1. The number of sulfone groups is 1. The van der Waals surface area contributed by atoms with Crippen LogP contribution < -0.4 is 9.80 Å². The molecule has 4 aromatic rings. The van der Waals surface area contributed by atoms with Crippen LogP contribution in [0.5, 0.6) is 0 Å². The third-order valence-electron chi connectivity index (χ3n) is 6.06. The summed E-state index contributed by atoms with van der Waals surface area (Å²) in [6.07, 6.45) is 4.13. The van der Waals surface area contributed by atoms with E-state index in [0.717, 1.165) is 6.26 Å². The Hall–Kier alpha value is -4.19. The molecule has 10 nitrogen and oxygen atoms in total. The first-order chi connectivity index (χ1) is 17.6. The molecule has 0 saturated carbocycles. The number of anilines is 2. The van der Waals surface area contributed by atoms with Crippen LogP contribution in [0.25, 0.3) is 22.6 Å². The number of carbonyl (C=O) groups is 1. The van der Waals surface area contributed by atoms with Crippen molar-refractivity contribution in [1.82, 2.24) is 24.7 Å². The molecule has 12 heteroatoms. The molecule has 1 aromatic carbocycles. The predicted molar refractivity (Wildman–Crippen MR) is 136 cm³/mol. The molecule has 3 aromatic heterocycles. The zero-order valence-corrected chi connectivity index (χ0v) is 21.2. The van der Waals surface area contributed by atoms with Gasteiger partial charge in [-0.25, -0.2) is 27.6 Å². The Bertz CT molecular complexity index is 1590. The second-order valence-corrected chi connectivity index (χ2v) is 10.9. The fourth-order valence-electron chi connectivity index (χ4n) is 4.14. The van der Waals surface area contributed by atoms with E-state index in [1.165, 1.54) is 28.1 Å². The van der Waals surface area contributed by atoms with E-state index in [9.17, 15) is 17.6 Å². The zero-order chi connectivity index (χ0) is 26.3. The Labute approximate surface area is 213 Å². The van der Waals surface area contributed by atoms with Crippen molar-refractivity contribution in [3.63, 3.8) is 0 Å². The second-order valence-electron chi connectivity index (χ2n) is 8.95. The van der Waals surface area contributed by atoms with Crippen LogP contribution in [0.1, 0.15) is 19.9 Å². The van der Waals surface area contributed by atoms with E-state index in [0.29, 0.717) is 35.0 Å². The van der Waals surface area contributed by atoms with E-state index in [1.54, 1.807) is 42.7 Å². The van der Waals surface area contributed by atoms with E-state index < -0.39 is 21.7 Å². The van der Waals surface area contributed by atoms with E-state index in [4.69, 9.17) is 0 Å². The summed E-state index contributed by atoms with van der Waals surface area (Å²) in [5.74, 6) is 0.474. The maximum Gasteiger partial charge on any atom is 0.330 e. The van der Waals surface area contributed by atoms with Crippen molar-refractivity contribution in [1.29, 1.82) is 0 Å². The molecule has 0 bridgehead atoms. The molecule has 37 heavy (non-hydrogen) atoms. The Morgan fingerprint density at radius 1 is 1.00 bits per heavy atom. The molecule has 2 amide bonds. The SMILES string of the molecule is CC(C)n1cnnc1-c1cccc(N2CCN(c3cc(-c4ccc(S(C)(=O)=O)nc4)ccc3F)C2=O)n1. The van der Waals surface area contributed by atoms with Gasteiger partial charge in [0.05, 0.1) is 5.69 Å². The van der Waals surface area contributed by atoms with Gasteiger partial charge in [-0.1, -0.05) is 12.1 Å². The van der Waals surface area contributed by atoms with Gasteiger partial charge >= 0.3 is 6.03 Å². The summed E-state index contributed by atoms with van der Waals surface area (Å²) in [6, 6.07) is 12.4. The summed E-state index contributed by atoms with van der Waals surface area (Å²) in [6.45, 7) is 4.60. The van der Waals surface area contributed by atoms with Crippen LogP contribution in [-0.4, -0.2) is 58.5 Å². The standard InChI is InChI=1S/C25H24FN7O3S/c1-16(2)33-15-28-30-24(33)20-5-4-6-22(29-20)32-12-11-31(25(32)34)21-13-17(7-9-19(21)26)18-8-10-23(27-14-18)37(3,35)36/h4-10,13-16H,11-12H2,1-3H3. The van der Waals surface area contributed by atoms with Crippen molar-refractivity contribution in [2.75, 3.05) is 29.1 Å². The average molecular weight is 522 g/mol. The lowest BCUT2D eigenvalue weighted by atomic mass is 10.1. The van der Waals surface area contributed by atoms with Gasteiger partial charge in [0, 0.05) is 37.1 Å². The number of halogens is 1. The summed E-state index contributed by atoms with van der Waals surface area (Å²) in [5.41, 5.74) is 1.89. The highest BCUT2D eigenvalue weighted by molar-refractivity contribution is 7.90. The third-order valence-corrected chi connectivity index (χ3v) is 7.07. The van der Waals surface area contributed by atoms with Gasteiger partial charge in [-0.3, -0.25) is 9.80 Å². The number of benzene rings is 1. The lowest BCUT2D eigenvalue weighted by Crippen LogP contribution is -2.32. The van der Waals surface area contributed by atoms with Crippen molar-refractivity contribution in [2.24, 2.45) is 0 Å². The van der Waals surface area contributed by atoms with Crippen LogP contribution in [0.4, 0.5) is 20.7 Å². The van der Waals surface area contributed by atoms with Gasteiger partial charge in [-0.05, 0) is 55.8 Å². The molecule has 5 rings (SSSR count). The topological polar surface area (TPSA) is 114 Å². The predicted octanol–water partition coefficient (Wildman–Crippen LogP) is 3.97. The van der Waals surface area contributed by atoms with Crippen LogP contribution in [0, 0.1) is 5.82 Å². The normalized spacial score (nSPS) is 14.1. The summed E-state index contributed by atoms with van der Waals surface area (Å²) in [4.78, 5) is 24.9. The highest BCUT2D eigenvalue weighted by atomic mass is 32.2. The molecule has 0 unspecified atom stereocenters. The Balaban J connectivity index is 1.43. The number of hydrogen-bond donors (Lipinski definition) is 0. The number of pyridine rings is 2. The van der Waals surface area contributed by atoms with Crippen molar-refractivity contribution in [3.05, 3.63) is 66.9 Å². The largest absolute Gasteiger partial charge is 0.330 e. The first kappa shape index (κ1) is 24.5. The van der Waals surface area contributed by atoms with Crippen LogP contribution in [-0.2, 0) is 9.84 Å². The third kappa shape index (κ3) is 4.67. The maximum atomic E-state index is 14.9. The molecule has 0 radical (unpaired) electrons. The number of hydrogen-bond acceptors (Lipinski definition) is 7. The Morgan fingerprint density at radius 3 is 2.46 bits per heavy atom. The number of rotatable bonds is 6. The van der Waals surface area contributed by atoms with Gasteiger partial charge in [-0.15, -0.1) is 10.2 Å². The lowest BCUT2D eigenvalue weighted by Gasteiger charge is -2.20. The van der Waals surface area contributed by atoms with E-state index >= 15 is 0 Å². The number of nitrogens with zero attached hydrogens (tertiary/aromatic N) is 7. The molecule has 1 saturated heterocycles. The van der Waals surface area contributed by atoms with E-state index in [2.05, 4.69) is 20.2 Å². The summed E-state index contributed by atoms with van der Waals surface area (Å²) < 4.78 is 40.2. The average Bonchev–Trinajstić information content (AvgIpc) is 3.51. The molecule has 0 spiro atoms. The van der Waals surface area contributed by atoms with Crippen LogP contribution in [0.2, 0.25) is 0 Å². The van der Waals surface area contributed by atoms with Gasteiger partial charge < -0.3 is 4.57 Å². The van der Waals surface area contributed by atoms with E-state index in [-0.39, 0.29) is 23.3 Å². The molecular weight excluding hydrogens is 497 g/mol. The fraction of sp³-hybridized carbons (Fsp3) is 0.240. The van der Waals surface area contributed by atoms with Crippen molar-refractivity contribution in [3.8, 4) is 22.6 Å². The molecule has 1 aliphatic rings. The minimum absolute atomic E-state index is 0.0506. The second kappa shape index (κ2) is 9.36. The first-order valence-corrected chi connectivity index (χ1v) is 13.4. The maximum absolute atomic E-state index is 14.9. The van der Waals surface area contributed by atoms with Crippen LogP contribution in [0.3, 0.4) is 0 Å². The fourth-order valence-corrected chi connectivity index (χ4v) is 4.70. The van der Waals surface area contributed by atoms with Crippen molar-refractivity contribution >= 4 is 27.4 Å². The van der Waals surface area contributed by atoms with Crippen LogP contribution >= 0.6 is 0 Å². The highest BCUT2D eigenvalue weighted by Gasteiger charge is 2.33. The molecular formula is C25H24FN7O3S. The van der Waals surface area contributed by atoms with Crippen molar-refractivity contribution in [2.45, 2.75) is 24.9 Å². The lowest BCUT2D eigenvalue weighted by molar-refractivity contribution is 0.255. The smallest absolute Gasteiger partial charge is 0.310 e. The number of aromatic nitrogens is 5. The van der Waals surface area contributed by atoms with Gasteiger partial charge in [0.15, 0.2) is 20.7 Å². The zero-order valence-electron chi connectivity index (χ0n) is 20.4. The van der Waals surface area contributed by atoms with Gasteiger partial charge in [-0.2, -0.15) is 0 Å². The molecule has 190 valence electrons. The summed E-state index contributed by atoms with van der Waals surface area (Å²) >= 11 is 0. The molecule has 0 atom stereocenters. The minimum Gasteiger partial charge on any atom is -0.310 e. The Kier molecular flexibility index (Phi) is 6.20. The molecule has 1 fully saturated rings. The number of carbonyl (C=O) groups excluding carboxylic acids is 1. The molecule has 1 aliphatic heterocycles. The first-order valence-electron chi connectivity index (χ1n) is 11.6. The number of amides is 2. The van der Waals surface area contributed by atoms with Crippen LogP contribution in [0.15, 0.2) is 66.1 Å². The van der Waals surface area contributed by atoms with Crippen molar-refractivity contribution < 1.29 is 17.6 Å². The van der Waals surface area contributed by atoms with Gasteiger partial charge in [0.1, 0.15) is 23.7 Å². The summed E-state index contributed by atoms with van der Waals surface area (Å²) in [7, 11) is -3.44. The highest BCUT2D eigenvalue weighted by Crippen LogP contribution is 2.31. The van der Waals surface area contributed by atoms with Gasteiger partial charge in [0.25, 0.3) is 0 Å².